The zero-order chi connectivity index (χ0) is 17.7. The van der Waals surface area contributed by atoms with E-state index in [0.29, 0.717) is 16.9 Å². The summed E-state index contributed by atoms with van der Waals surface area (Å²) in [6.45, 7) is 3.82. The lowest BCUT2D eigenvalue weighted by Crippen LogP contribution is -2.05. The van der Waals surface area contributed by atoms with Gasteiger partial charge in [0.15, 0.2) is 5.78 Å². The molecule has 0 aliphatic heterocycles. The van der Waals surface area contributed by atoms with Gasteiger partial charge in [-0.15, -0.1) is 0 Å². The van der Waals surface area contributed by atoms with Crippen LogP contribution in [-0.4, -0.2) is 16.8 Å². The second kappa shape index (κ2) is 7.41. The molecule has 0 fully saturated rings. The molecular weight excluding hydrogens is 310 g/mol. The number of rotatable bonds is 6. The molecule has 0 bridgehead atoms. The Balaban J connectivity index is 2.13. The van der Waals surface area contributed by atoms with Gasteiger partial charge in [-0.25, -0.2) is 0 Å². The molecule has 0 unspecified atom stereocenters. The molecule has 2 aromatic rings. The number of benzene rings is 2. The molecule has 0 aliphatic carbocycles. The summed E-state index contributed by atoms with van der Waals surface area (Å²) < 4.78 is 5.50. The Hall–Kier alpha value is -3.15. The van der Waals surface area contributed by atoms with Crippen molar-refractivity contribution in [3.8, 4) is 11.5 Å². The zero-order valence-electron chi connectivity index (χ0n) is 13.3. The van der Waals surface area contributed by atoms with Crippen LogP contribution >= 0.6 is 0 Å². The molecule has 24 heavy (non-hydrogen) atoms. The normalized spacial score (nSPS) is 11.0. The maximum absolute atomic E-state index is 12.1. The van der Waals surface area contributed by atoms with Crippen molar-refractivity contribution in [2.24, 2.45) is 0 Å². The Morgan fingerprint density at radius 3 is 2.42 bits per heavy atom. The van der Waals surface area contributed by atoms with E-state index >= 15 is 0 Å². The minimum absolute atomic E-state index is 0.0474. The summed E-state index contributed by atoms with van der Waals surface area (Å²) in [5.74, 6) is -0.239. The predicted molar refractivity (Wildman–Crippen MR) is 88.1 cm³/mol. The first kappa shape index (κ1) is 17.2. The lowest BCUT2D eigenvalue weighted by atomic mass is 10.1. The van der Waals surface area contributed by atoms with Crippen LogP contribution in [0.15, 0.2) is 48.5 Å². The largest absolute Gasteiger partial charge is 0.868 e. The summed E-state index contributed by atoms with van der Waals surface area (Å²) in [6, 6.07) is 10.4. The number of nitro benzene ring substituents is 1. The molecule has 0 amide bonds. The molecule has 0 N–H and O–H groups in total. The first-order valence-electron chi connectivity index (χ1n) is 7.31. The molecule has 0 heterocycles. The standard InChI is InChI=1S/C18H17NO5/c1-12(2)24-15-7-5-14(6-8-15)17(20)9-3-13-4-10-18(21)16(11-13)19(22)23/h3-12,21H,1-2H3/p-1/b9-3+. The van der Waals surface area contributed by atoms with E-state index in [1.807, 2.05) is 13.8 Å². The summed E-state index contributed by atoms with van der Waals surface area (Å²) in [6.07, 6.45) is 2.79. The predicted octanol–water partition coefficient (Wildman–Crippen LogP) is 3.35. The smallest absolute Gasteiger partial charge is 0.262 e. The second-order valence-electron chi connectivity index (χ2n) is 5.37. The number of allylic oxidation sites excluding steroid dienone is 1. The van der Waals surface area contributed by atoms with Crippen molar-refractivity contribution in [3.63, 3.8) is 0 Å². The molecular formula is C18H16NO5-. The number of hydrogen-bond donors (Lipinski definition) is 0. The van der Waals surface area contributed by atoms with Crippen molar-refractivity contribution < 1.29 is 19.6 Å². The Morgan fingerprint density at radius 2 is 1.83 bits per heavy atom. The number of ether oxygens (including phenoxy) is 1. The topological polar surface area (TPSA) is 92.5 Å². The number of nitrogens with zero attached hydrogens (tertiary/aromatic N) is 1. The van der Waals surface area contributed by atoms with Gasteiger partial charge in [0.1, 0.15) is 5.75 Å². The van der Waals surface area contributed by atoms with Crippen LogP contribution in [0.3, 0.4) is 0 Å². The van der Waals surface area contributed by atoms with Crippen LogP contribution < -0.4 is 9.84 Å². The van der Waals surface area contributed by atoms with Crippen LogP contribution in [0.5, 0.6) is 11.5 Å². The quantitative estimate of drug-likeness (QED) is 0.351. The van der Waals surface area contributed by atoms with Crippen molar-refractivity contribution >= 4 is 17.5 Å². The van der Waals surface area contributed by atoms with Gasteiger partial charge < -0.3 is 9.84 Å². The summed E-state index contributed by atoms with van der Waals surface area (Å²) in [5, 5.41) is 22.1. The Labute approximate surface area is 139 Å². The number of hydrogen-bond acceptors (Lipinski definition) is 5. The summed E-state index contributed by atoms with van der Waals surface area (Å²) >= 11 is 0. The molecule has 124 valence electrons. The van der Waals surface area contributed by atoms with Gasteiger partial charge in [-0.1, -0.05) is 18.2 Å². The number of ketones is 1. The van der Waals surface area contributed by atoms with Gasteiger partial charge in [-0.3, -0.25) is 14.9 Å². The van der Waals surface area contributed by atoms with E-state index in [9.17, 15) is 20.0 Å². The van der Waals surface area contributed by atoms with E-state index in [2.05, 4.69) is 0 Å². The van der Waals surface area contributed by atoms with E-state index in [1.54, 1.807) is 24.3 Å². The SMILES string of the molecule is CC(C)Oc1ccc(C(=O)/C=C/c2ccc([O-])c([N+](=O)[O-])c2)cc1. The van der Waals surface area contributed by atoms with Gasteiger partial charge in [0.25, 0.3) is 5.69 Å². The number of carbonyl (C=O) groups is 1. The van der Waals surface area contributed by atoms with Crippen molar-refractivity contribution in [1.82, 2.24) is 0 Å². The van der Waals surface area contributed by atoms with Crippen molar-refractivity contribution in [2.45, 2.75) is 20.0 Å². The summed E-state index contributed by atoms with van der Waals surface area (Å²) in [4.78, 5) is 22.1. The fraction of sp³-hybridized carbons (Fsp3) is 0.167. The molecule has 0 saturated carbocycles. The summed E-state index contributed by atoms with van der Waals surface area (Å²) in [7, 11) is 0. The van der Waals surface area contributed by atoms with Crippen molar-refractivity contribution in [2.75, 3.05) is 0 Å². The van der Waals surface area contributed by atoms with E-state index in [0.717, 1.165) is 12.1 Å². The molecule has 0 atom stereocenters. The van der Waals surface area contributed by atoms with Crippen LogP contribution in [0.1, 0.15) is 29.8 Å². The lowest BCUT2D eigenvalue weighted by Gasteiger charge is -2.09. The fourth-order valence-electron chi connectivity index (χ4n) is 2.02. The Bertz CT molecular complexity index is 778. The first-order chi connectivity index (χ1) is 11.4. The highest BCUT2D eigenvalue weighted by molar-refractivity contribution is 6.06. The van der Waals surface area contributed by atoms with Crippen LogP contribution in [0, 0.1) is 10.1 Å². The van der Waals surface area contributed by atoms with E-state index in [1.165, 1.54) is 18.2 Å². The van der Waals surface area contributed by atoms with Crippen LogP contribution in [0.25, 0.3) is 6.08 Å². The van der Waals surface area contributed by atoms with Gasteiger partial charge in [-0.05, 0) is 55.5 Å². The second-order valence-corrected chi connectivity index (χ2v) is 5.37. The van der Waals surface area contributed by atoms with Gasteiger partial charge in [-0.2, -0.15) is 0 Å². The van der Waals surface area contributed by atoms with Crippen molar-refractivity contribution in [3.05, 3.63) is 69.8 Å². The minimum atomic E-state index is -0.741. The van der Waals surface area contributed by atoms with E-state index in [-0.39, 0.29) is 11.9 Å². The molecule has 0 aliphatic rings. The number of nitro groups is 1. The Kier molecular flexibility index (Phi) is 5.31. The molecule has 2 rings (SSSR count). The van der Waals surface area contributed by atoms with E-state index in [4.69, 9.17) is 4.74 Å². The lowest BCUT2D eigenvalue weighted by molar-refractivity contribution is -0.398. The maximum Gasteiger partial charge on any atom is 0.262 e. The highest BCUT2D eigenvalue weighted by atomic mass is 16.6. The summed E-state index contributed by atoms with van der Waals surface area (Å²) in [5.41, 5.74) is 0.367. The zero-order valence-corrected chi connectivity index (χ0v) is 13.3. The van der Waals surface area contributed by atoms with Crippen LogP contribution in [-0.2, 0) is 0 Å². The monoisotopic (exact) mass is 326 g/mol. The fourth-order valence-corrected chi connectivity index (χ4v) is 2.02. The molecule has 0 spiro atoms. The molecule has 0 aromatic heterocycles. The molecule has 6 heteroatoms. The highest BCUT2D eigenvalue weighted by Gasteiger charge is 2.07. The first-order valence-corrected chi connectivity index (χ1v) is 7.31. The molecule has 0 radical (unpaired) electrons. The van der Waals surface area contributed by atoms with Crippen LogP contribution in [0.4, 0.5) is 5.69 Å². The van der Waals surface area contributed by atoms with Gasteiger partial charge in [0.05, 0.1) is 11.0 Å². The molecule has 2 aromatic carbocycles. The van der Waals surface area contributed by atoms with Gasteiger partial charge >= 0.3 is 0 Å². The van der Waals surface area contributed by atoms with Crippen molar-refractivity contribution in [1.29, 1.82) is 0 Å². The van der Waals surface area contributed by atoms with E-state index < -0.39 is 16.4 Å². The van der Waals surface area contributed by atoms with Crippen LogP contribution in [0.2, 0.25) is 0 Å². The minimum Gasteiger partial charge on any atom is -0.868 e. The van der Waals surface area contributed by atoms with Gasteiger partial charge in [0, 0.05) is 11.6 Å². The number of carbonyl (C=O) groups excluding carboxylic acids is 1. The maximum atomic E-state index is 12.1. The highest BCUT2D eigenvalue weighted by Crippen LogP contribution is 2.24. The molecule has 0 saturated heterocycles. The average Bonchev–Trinajstić information content (AvgIpc) is 2.53. The third-order valence-corrected chi connectivity index (χ3v) is 3.12. The third kappa shape index (κ3) is 4.42. The Morgan fingerprint density at radius 1 is 1.17 bits per heavy atom. The van der Waals surface area contributed by atoms with Gasteiger partial charge in [0.2, 0.25) is 0 Å². The average molecular weight is 326 g/mol. The molecule has 6 nitrogen and oxygen atoms in total. The third-order valence-electron chi connectivity index (χ3n) is 3.12.